The van der Waals surface area contributed by atoms with Crippen molar-refractivity contribution in [3.05, 3.63) is 40.8 Å². The summed E-state index contributed by atoms with van der Waals surface area (Å²) in [6, 6.07) is 3.37. The Hall–Kier alpha value is -3.15. The van der Waals surface area contributed by atoms with Crippen molar-refractivity contribution >= 4 is 17.6 Å². The third-order valence-electron chi connectivity index (χ3n) is 3.70. The van der Waals surface area contributed by atoms with Gasteiger partial charge in [0.25, 0.3) is 0 Å². The number of hydrogen-bond acceptors (Lipinski definition) is 7. The number of nitrogen functional groups attached to an aromatic ring is 1. The van der Waals surface area contributed by atoms with Crippen LogP contribution in [0.1, 0.15) is 26.4 Å². The first kappa shape index (κ1) is 22.1. The maximum Gasteiger partial charge on any atom is 0.436 e. The van der Waals surface area contributed by atoms with Crippen molar-refractivity contribution in [3.8, 4) is 5.75 Å². The number of carbonyl (C=O) groups excluding carboxylic acids is 2. The Bertz CT molecular complexity index is 911. The SMILES string of the molecule is COCCOc1ccc(C(=O)COC(=O)c2c(C(F)(F)F)nn(C)c2N)c(F)c1. The first-order chi connectivity index (χ1) is 13.6. The molecule has 0 spiro atoms. The second kappa shape index (κ2) is 8.90. The van der Waals surface area contributed by atoms with Gasteiger partial charge in [0.05, 0.1) is 12.2 Å². The van der Waals surface area contributed by atoms with E-state index in [1.807, 2.05) is 0 Å². The largest absolute Gasteiger partial charge is 0.491 e. The first-order valence-electron chi connectivity index (χ1n) is 8.07. The summed E-state index contributed by atoms with van der Waals surface area (Å²) in [7, 11) is 2.57. The molecule has 0 radical (unpaired) electrons. The summed E-state index contributed by atoms with van der Waals surface area (Å²) in [5.41, 5.74) is 2.46. The molecule has 29 heavy (non-hydrogen) atoms. The van der Waals surface area contributed by atoms with E-state index in [4.69, 9.17) is 15.2 Å². The number of ketones is 1. The van der Waals surface area contributed by atoms with Crippen molar-refractivity contribution in [1.29, 1.82) is 0 Å². The van der Waals surface area contributed by atoms with Crippen molar-refractivity contribution in [2.75, 3.05) is 32.7 Å². The van der Waals surface area contributed by atoms with E-state index in [1.54, 1.807) is 0 Å². The molecule has 12 heteroatoms. The lowest BCUT2D eigenvalue weighted by Gasteiger charge is -2.09. The van der Waals surface area contributed by atoms with E-state index in [0.717, 1.165) is 19.2 Å². The van der Waals surface area contributed by atoms with Crippen LogP contribution in [0.5, 0.6) is 5.75 Å². The molecule has 8 nitrogen and oxygen atoms in total. The van der Waals surface area contributed by atoms with E-state index < -0.39 is 53.0 Å². The predicted molar refractivity (Wildman–Crippen MR) is 91.0 cm³/mol. The smallest absolute Gasteiger partial charge is 0.436 e. The summed E-state index contributed by atoms with van der Waals surface area (Å²) < 4.78 is 68.3. The van der Waals surface area contributed by atoms with Crippen LogP contribution in [0.2, 0.25) is 0 Å². The molecule has 0 saturated heterocycles. The quantitative estimate of drug-likeness (QED) is 0.303. The highest BCUT2D eigenvalue weighted by molar-refractivity contribution is 6.01. The van der Waals surface area contributed by atoms with Crippen molar-refractivity contribution in [2.45, 2.75) is 6.18 Å². The molecule has 0 fully saturated rings. The molecule has 1 aromatic carbocycles. The summed E-state index contributed by atoms with van der Waals surface area (Å²) in [6.07, 6.45) is -4.96. The number of benzene rings is 1. The normalized spacial score (nSPS) is 11.4. The Morgan fingerprint density at radius 2 is 1.93 bits per heavy atom. The minimum absolute atomic E-state index is 0.144. The number of esters is 1. The van der Waals surface area contributed by atoms with Gasteiger partial charge in [-0.15, -0.1) is 0 Å². The van der Waals surface area contributed by atoms with Crippen molar-refractivity contribution < 1.29 is 41.4 Å². The molecular weight excluding hydrogens is 402 g/mol. The molecule has 0 atom stereocenters. The molecule has 0 unspecified atom stereocenters. The van der Waals surface area contributed by atoms with Crippen LogP contribution in [0.25, 0.3) is 0 Å². The van der Waals surface area contributed by atoms with Gasteiger partial charge < -0.3 is 19.9 Å². The molecule has 2 rings (SSSR count). The van der Waals surface area contributed by atoms with Crippen molar-refractivity contribution in [3.63, 3.8) is 0 Å². The zero-order valence-electron chi connectivity index (χ0n) is 15.4. The lowest BCUT2D eigenvalue weighted by atomic mass is 10.1. The average molecular weight is 419 g/mol. The Balaban J connectivity index is 2.09. The highest BCUT2D eigenvalue weighted by Gasteiger charge is 2.41. The molecule has 0 aliphatic carbocycles. The molecule has 2 N–H and O–H groups in total. The molecule has 2 aromatic rings. The summed E-state index contributed by atoms with van der Waals surface area (Å²) in [6.45, 7) is -0.560. The molecule has 0 amide bonds. The number of Topliss-reactive ketones (excluding diaryl/α,β-unsaturated/α-hetero) is 1. The van der Waals surface area contributed by atoms with Gasteiger partial charge in [0.1, 0.15) is 29.6 Å². The second-order valence-corrected chi connectivity index (χ2v) is 5.71. The fourth-order valence-corrected chi connectivity index (χ4v) is 2.27. The Morgan fingerprint density at radius 1 is 1.24 bits per heavy atom. The number of halogens is 4. The lowest BCUT2D eigenvalue weighted by Crippen LogP contribution is -2.19. The first-order valence-corrected chi connectivity index (χ1v) is 8.07. The highest BCUT2D eigenvalue weighted by atomic mass is 19.4. The summed E-state index contributed by atoms with van der Waals surface area (Å²) in [5, 5.41) is 3.14. The van der Waals surface area contributed by atoms with Gasteiger partial charge in [-0.25, -0.2) is 9.18 Å². The minimum Gasteiger partial charge on any atom is -0.491 e. The molecule has 1 aromatic heterocycles. The van der Waals surface area contributed by atoms with Crippen LogP contribution in [0.4, 0.5) is 23.4 Å². The number of nitrogens with two attached hydrogens (primary N) is 1. The zero-order chi connectivity index (χ0) is 21.8. The molecule has 158 valence electrons. The van der Waals surface area contributed by atoms with Gasteiger partial charge in [-0.3, -0.25) is 9.48 Å². The number of anilines is 1. The van der Waals surface area contributed by atoms with Gasteiger partial charge in [-0.05, 0) is 12.1 Å². The average Bonchev–Trinajstić information content (AvgIpc) is 2.95. The van der Waals surface area contributed by atoms with E-state index in [-0.39, 0.29) is 19.0 Å². The number of carbonyl (C=O) groups is 2. The lowest BCUT2D eigenvalue weighted by molar-refractivity contribution is -0.142. The van der Waals surface area contributed by atoms with Gasteiger partial charge in [0, 0.05) is 20.2 Å². The standard InChI is InChI=1S/C17H17F4N3O5/c1-24-15(22)13(14(23-24)17(19,20)21)16(26)29-8-12(25)10-4-3-9(7-11(10)18)28-6-5-27-2/h3-4,7H,5-6,8,22H2,1-2H3. The number of aromatic nitrogens is 2. The number of ether oxygens (including phenoxy) is 3. The number of hydrogen-bond donors (Lipinski definition) is 1. The van der Waals surface area contributed by atoms with Gasteiger partial charge in [-0.2, -0.15) is 18.3 Å². The van der Waals surface area contributed by atoms with Gasteiger partial charge >= 0.3 is 12.1 Å². The summed E-state index contributed by atoms with van der Waals surface area (Å²) in [5.74, 6) is -3.85. The molecule has 0 saturated carbocycles. The monoisotopic (exact) mass is 419 g/mol. The van der Waals surface area contributed by atoms with Crippen LogP contribution < -0.4 is 10.5 Å². The van der Waals surface area contributed by atoms with Crippen LogP contribution >= 0.6 is 0 Å². The van der Waals surface area contributed by atoms with Crippen LogP contribution in [0.15, 0.2) is 18.2 Å². The maximum atomic E-state index is 14.1. The topological polar surface area (TPSA) is 106 Å². The summed E-state index contributed by atoms with van der Waals surface area (Å²) >= 11 is 0. The van der Waals surface area contributed by atoms with Crippen molar-refractivity contribution in [2.24, 2.45) is 7.05 Å². The van der Waals surface area contributed by atoms with E-state index in [0.29, 0.717) is 4.68 Å². The second-order valence-electron chi connectivity index (χ2n) is 5.71. The number of nitrogens with zero attached hydrogens (tertiary/aromatic N) is 2. The fraction of sp³-hybridized carbons (Fsp3) is 0.353. The number of rotatable bonds is 8. The van der Waals surface area contributed by atoms with Crippen molar-refractivity contribution in [1.82, 2.24) is 9.78 Å². The minimum atomic E-state index is -4.96. The van der Waals surface area contributed by atoms with Gasteiger partial charge in [0.15, 0.2) is 12.3 Å². The van der Waals surface area contributed by atoms with E-state index >= 15 is 0 Å². The predicted octanol–water partition coefficient (Wildman–Crippen LogP) is 2.23. The third-order valence-corrected chi connectivity index (χ3v) is 3.70. The zero-order valence-corrected chi connectivity index (χ0v) is 15.4. The third kappa shape index (κ3) is 5.22. The molecule has 0 aliphatic heterocycles. The van der Waals surface area contributed by atoms with Gasteiger partial charge in [0.2, 0.25) is 5.78 Å². The molecular formula is C17H17F4N3O5. The highest BCUT2D eigenvalue weighted by Crippen LogP contribution is 2.33. The van der Waals surface area contributed by atoms with Crippen LogP contribution in [0, 0.1) is 5.82 Å². The fourth-order valence-electron chi connectivity index (χ4n) is 2.27. The van der Waals surface area contributed by atoms with Crippen LogP contribution in [-0.2, 0) is 22.7 Å². The van der Waals surface area contributed by atoms with Crippen LogP contribution in [0.3, 0.4) is 0 Å². The maximum absolute atomic E-state index is 14.1. The Labute approximate surface area is 162 Å². The van der Waals surface area contributed by atoms with E-state index in [1.165, 1.54) is 13.2 Å². The molecule has 1 heterocycles. The molecule has 0 aliphatic rings. The number of aryl methyl sites for hydroxylation is 1. The summed E-state index contributed by atoms with van der Waals surface area (Å²) in [4.78, 5) is 24.1. The molecule has 0 bridgehead atoms. The number of alkyl halides is 3. The Morgan fingerprint density at radius 3 is 2.52 bits per heavy atom. The van der Waals surface area contributed by atoms with Gasteiger partial charge in [-0.1, -0.05) is 0 Å². The Kier molecular flexibility index (Phi) is 6.80. The van der Waals surface area contributed by atoms with E-state index in [9.17, 15) is 27.2 Å². The number of methoxy groups -OCH3 is 1. The van der Waals surface area contributed by atoms with E-state index in [2.05, 4.69) is 9.84 Å². The van der Waals surface area contributed by atoms with Crippen LogP contribution in [-0.4, -0.2) is 48.5 Å².